The molecule has 0 saturated heterocycles. The zero-order valence-electron chi connectivity index (χ0n) is 7.82. The van der Waals surface area contributed by atoms with Crippen molar-refractivity contribution in [1.29, 1.82) is 0 Å². The van der Waals surface area contributed by atoms with Crippen LogP contribution in [-0.4, -0.2) is 27.1 Å². The first-order chi connectivity index (χ1) is 6.86. The molecule has 0 bridgehead atoms. The molecule has 0 fully saturated rings. The molecule has 1 aromatic carbocycles. The largest absolute Gasteiger partial charge is 0.493 e. The minimum absolute atomic E-state index is 0.0980. The molecule has 5 nitrogen and oxygen atoms in total. The Bertz CT molecular complexity index is 439. The lowest BCUT2D eigenvalue weighted by atomic mass is 10.1. The summed E-state index contributed by atoms with van der Waals surface area (Å²) < 4.78 is 5.36. The van der Waals surface area contributed by atoms with Crippen molar-refractivity contribution in [2.45, 2.75) is 13.5 Å². The van der Waals surface area contributed by atoms with E-state index >= 15 is 0 Å². The zero-order valence-corrected chi connectivity index (χ0v) is 7.82. The van der Waals surface area contributed by atoms with E-state index in [0.717, 1.165) is 5.52 Å². The van der Waals surface area contributed by atoms with Gasteiger partial charge in [0.25, 0.3) is 0 Å². The number of hydrogen-bond acceptors (Lipinski definition) is 4. The number of fused-ring (bicyclic) bond motifs is 1. The molecular weight excluding hydrogens is 182 g/mol. The highest BCUT2D eigenvalue weighted by Gasteiger charge is 2.10. The summed E-state index contributed by atoms with van der Waals surface area (Å²) in [7, 11) is 0. The van der Waals surface area contributed by atoms with E-state index in [2.05, 4.69) is 15.4 Å². The average Bonchev–Trinajstić information content (AvgIpc) is 2.66. The Labute approximate surface area is 80.7 Å². The Morgan fingerprint density at radius 2 is 2.29 bits per heavy atom. The first-order valence-corrected chi connectivity index (χ1v) is 4.42. The Morgan fingerprint density at radius 3 is 3.00 bits per heavy atom. The summed E-state index contributed by atoms with van der Waals surface area (Å²) in [6.45, 7) is 2.36. The fourth-order valence-electron chi connectivity index (χ4n) is 1.39. The molecule has 14 heavy (non-hydrogen) atoms. The molecule has 0 aliphatic rings. The van der Waals surface area contributed by atoms with Gasteiger partial charge in [0.1, 0.15) is 16.8 Å². The van der Waals surface area contributed by atoms with Crippen LogP contribution in [0.1, 0.15) is 12.5 Å². The van der Waals surface area contributed by atoms with Gasteiger partial charge in [0.15, 0.2) is 0 Å². The van der Waals surface area contributed by atoms with Crippen LogP contribution in [0.2, 0.25) is 0 Å². The third-order valence-corrected chi connectivity index (χ3v) is 2.01. The van der Waals surface area contributed by atoms with E-state index in [-0.39, 0.29) is 6.61 Å². The molecule has 0 amide bonds. The van der Waals surface area contributed by atoms with Gasteiger partial charge in [-0.3, -0.25) is 0 Å². The van der Waals surface area contributed by atoms with Crippen molar-refractivity contribution in [2.75, 3.05) is 6.61 Å². The highest BCUT2D eigenvalue weighted by molar-refractivity contribution is 5.79. The minimum atomic E-state index is -0.0980. The first-order valence-electron chi connectivity index (χ1n) is 4.42. The van der Waals surface area contributed by atoms with Gasteiger partial charge < -0.3 is 9.84 Å². The van der Waals surface area contributed by atoms with E-state index in [1.165, 1.54) is 0 Å². The molecule has 0 radical (unpaired) electrons. The van der Waals surface area contributed by atoms with E-state index < -0.39 is 0 Å². The van der Waals surface area contributed by atoms with Gasteiger partial charge in [-0.25, -0.2) is 0 Å². The van der Waals surface area contributed by atoms with Crippen LogP contribution in [0.15, 0.2) is 12.1 Å². The summed E-state index contributed by atoms with van der Waals surface area (Å²) in [4.78, 5) is 0. The van der Waals surface area contributed by atoms with Crippen LogP contribution < -0.4 is 4.74 Å². The fourth-order valence-corrected chi connectivity index (χ4v) is 1.39. The number of rotatable bonds is 3. The maximum atomic E-state index is 9.20. The lowest BCUT2D eigenvalue weighted by Gasteiger charge is -2.07. The highest BCUT2D eigenvalue weighted by Crippen LogP contribution is 2.25. The number of benzene rings is 1. The Morgan fingerprint density at radius 1 is 1.43 bits per heavy atom. The van der Waals surface area contributed by atoms with Gasteiger partial charge in [0.2, 0.25) is 0 Å². The van der Waals surface area contributed by atoms with Crippen molar-refractivity contribution in [3.05, 3.63) is 17.7 Å². The lowest BCUT2D eigenvalue weighted by Crippen LogP contribution is -1.97. The maximum absolute atomic E-state index is 9.20. The lowest BCUT2D eigenvalue weighted by molar-refractivity contribution is 0.268. The smallest absolute Gasteiger partial charge is 0.127 e. The number of aromatic amines is 1. The molecule has 0 unspecified atom stereocenters. The van der Waals surface area contributed by atoms with Crippen LogP contribution in [0.3, 0.4) is 0 Å². The number of ether oxygens (including phenoxy) is 1. The number of aliphatic hydroxyl groups is 1. The minimum Gasteiger partial charge on any atom is -0.493 e. The van der Waals surface area contributed by atoms with Crippen LogP contribution in [0, 0.1) is 0 Å². The van der Waals surface area contributed by atoms with Gasteiger partial charge in [-0.05, 0) is 19.1 Å². The van der Waals surface area contributed by atoms with Crippen molar-refractivity contribution in [2.24, 2.45) is 0 Å². The molecule has 5 heteroatoms. The summed E-state index contributed by atoms with van der Waals surface area (Å²) >= 11 is 0. The van der Waals surface area contributed by atoms with Crippen molar-refractivity contribution in [3.63, 3.8) is 0 Å². The molecule has 2 aromatic rings. The Hall–Kier alpha value is -1.62. The van der Waals surface area contributed by atoms with Crippen LogP contribution in [0.4, 0.5) is 0 Å². The Balaban J connectivity index is 2.60. The van der Waals surface area contributed by atoms with Crippen LogP contribution >= 0.6 is 0 Å². The molecule has 0 aliphatic heterocycles. The van der Waals surface area contributed by atoms with E-state index in [0.29, 0.717) is 23.4 Å². The maximum Gasteiger partial charge on any atom is 0.127 e. The predicted octanol–water partition coefficient (Wildman–Crippen LogP) is 0.849. The number of nitrogens with one attached hydrogen (secondary N) is 1. The molecule has 0 spiro atoms. The normalized spacial score (nSPS) is 10.7. The average molecular weight is 193 g/mol. The van der Waals surface area contributed by atoms with Gasteiger partial charge >= 0.3 is 0 Å². The van der Waals surface area contributed by atoms with Crippen molar-refractivity contribution in [1.82, 2.24) is 15.4 Å². The second-order valence-corrected chi connectivity index (χ2v) is 2.82. The molecule has 1 aromatic heterocycles. The van der Waals surface area contributed by atoms with Crippen LogP contribution in [-0.2, 0) is 6.61 Å². The molecular formula is C9H11N3O2. The molecule has 0 aliphatic carbocycles. The molecule has 0 saturated carbocycles. The molecule has 2 rings (SSSR count). The van der Waals surface area contributed by atoms with Crippen molar-refractivity contribution in [3.8, 4) is 5.75 Å². The van der Waals surface area contributed by atoms with Gasteiger partial charge in [-0.15, -0.1) is 0 Å². The van der Waals surface area contributed by atoms with Gasteiger partial charge in [0.05, 0.1) is 13.2 Å². The fraction of sp³-hybridized carbons (Fsp3) is 0.333. The van der Waals surface area contributed by atoms with Crippen LogP contribution in [0.25, 0.3) is 11.0 Å². The SMILES string of the molecule is CCOc1ccc2n[nH]nc2c1CO. The topological polar surface area (TPSA) is 71.0 Å². The van der Waals surface area contributed by atoms with E-state index in [1.807, 2.05) is 13.0 Å². The van der Waals surface area contributed by atoms with E-state index in [1.54, 1.807) is 6.07 Å². The van der Waals surface area contributed by atoms with E-state index in [4.69, 9.17) is 4.74 Å². The number of hydrogen-bond donors (Lipinski definition) is 2. The second-order valence-electron chi connectivity index (χ2n) is 2.82. The quantitative estimate of drug-likeness (QED) is 0.758. The van der Waals surface area contributed by atoms with Gasteiger partial charge in [0, 0.05) is 5.56 Å². The Kier molecular flexibility index (Phi) is 2.32. The van der Waals surface area contributed by atoms with Gasteiger partial charge in [-0.1, -0.05) is 0 Å². The van der Waals surface area contributed by atoms with E-state index in [9.17, 15) is 5.11 Å². The highest BCUT2D eigenvalue weighted by atomic mass is 16.5. The molecule has 74 valence electrons. The zero-order chi connectivity index (χ0) is 9.97. The number of aromatic nitrogens is 3. The summed E-state index contributed by atoms with van der Waals surface area (Å²) in [5, 5.41) is 19.6. The number of H-pyrrole nitrogens is 1. The summed E-state index contributed by atoms with van der Waals surface area (Å²) in [5.74, 6) is 0.663. The number of aliphatic hydroxyl groups excluding tert-OH is 1. The van der Waals surface area contributed by atoms with Crippen molar-refractivity contribution < 1.29 is 9.84 Å². The summed E-state index contributed by atoms with van der Waals surface area (Å²) in [5.41, 5.74) is 2.08. The first kappa shape index (κ1) is 8.96. The molecule has 1 heterocycles. The summed E-state index contributed by atoms with van der Waals surface area (Å²) in [6.07, 6.45) is 0. The predicted molar refractivity (Wildman–Crippen MR) is 51.0 cm³/mol. The monoisotopic (exact) mass is 193 g/mol. The standard InChI is InChI=1S/C9H11N3O2/c1-2-14-8-4-3-7-9(6(8)5-13)11-12-10-7/h3-4,13H,2,5H2,1H3,(H,10,11,12). The third-order valence-electron chi connectivity index (χ3n) is 2.01. The summed E-state index contributed by atoms with van der Waals surface area (Å²) in [6, 6.07) is 3.60. The van der Waals surface area contributed by atoms with Crippen LogP contribution in [0.5, 0.6) is 5.75 Å². The third kappa shape index (κ3) is 1.31. The molecule has 0 atom stereocenters. The second kappa shape index (κ2) is 3.63. The molecule has 2 N–H and O–H groups in total. The van der Waals surface area contributed by atoms with Crippen molar-refractivity contribution >= 4 is 11.0 Å². The van der Waals surface area contributed by atoms with Gasteiger partial charge in [-0.2, -0.15) is 15.4 Å². The number of nitrogens with zero attached hydrogens (tertiary/aromatic N) is 2.